The number of ether oxygens (including phenoxy) is 1. The molecule has 108 valence electrons. The summed E-state index contributed by atoms with van der Waals surface area (Å²) in [6.45, 7) is 0.752. The number of nitro groups is 1. The van der Waals surface area contributed by atoms with Crippen molar-refractivity contribution in [3.05, 3.63) is 39.9 Å². The van der Waals surface area contributed by atoms with Crippen LogP contribution < -0.4 is 5.32 Å². The second-order valence-electron chi connectivity index (χ2n) is 4.87. The number of aliphatic hydroxyl groups is 1. The highest BCUT2D eigenvalue weighted by Gasteiger charge is 2.32. The molecule has 1 amide bonds. The lowest BCUT2D eigenvalue weighted by molar-refractivity contribution is -0.385. The van der Waals surface area contributed by atoms with Gasteiger partial charge in [0.05, 0.1) is 18.0 Å². The third-order valence-corrected chi connectivity index (χ3v) is 3.24. The maximum absolute atomic E-state index is 11.8. The van der Waals surface area contributed by atoms with E-state index in [0.29, 0.717) is 18.6 Å². The molecule has 20 heavy (non-hydrogen) atoms. The van der Waals surface area contributed by atoms with Gasteiger partial charge in [0.25, 0.3) is 5.69 Å². The SMILES string of the molecule is O=C(Cc1ccccc1[N+](=O)[O-])NCC1(O)CCOC1. The Hall–Kier alpha value is -1.99. The van der Waals surface area contributed by atoms with E-state index in [0.717, 1.165) is 0 Å². The van der Waals surface area contributed by atoms with E-state index >= 15 is 0 Å². The molecule has 0 radical (unpaired) electrons. The van der Waals surface area contributed by atoms with Crippen LogP contribution in [0.2, 0.25) is 0 Å². The molecule has 0 aromatic heterocycles. The molecule has 7 heteroatoms. The molecular weight excluding hydrogens is 264 g/mol. The molecule has 2 rings (SSSR count). The van der Waals surface area contributed by atoms with Gasteiger partial charge in [-0.3, -0.25) is 14.9 Å². The number of nitrogens with one attached hydrogen (secondary N) is 1. The first-order valence-electron chi connectivity index (χ1n) is 6.29. The van der Waals surface area contributed by atoms with E-state index in [-0.39, 0.29) is 31.2 Å². The lowest BCUT2D eigenvalue weighted by atomic mass is 10.0. The minimum Gasteiger partial charge on any atom is -0.386 e. The van der Waals surface area contributed by atoms with Crippen molar-refractivity contribution < 1.29 is 19.6 Å². The molecule has 0 aliphatic carbocycles. The Morgan fingerprint density at radius 2 is 2.25 bits per heavy atom. The van der Waals surface area contributed by atoms with Crippen LogP contribution in [0, 0.1) is 10.1 Å². The van der Waals surface area contributed by atoms with Crippen LogP contribution in [0.3, 0.4) is 0 Å². The van der Waals surface area contributed by atoms with Gasteiger partial charge in [0.15, 0.2) is 0 Å². The summed E-state index contributed by atoms with van der Waals surface area (Å²) in [5, 5.41) is 23.4. The first-order chi connectivity index (χ1) is 9.50. The summed E-state index contributed by atoms with van der Waals surface area (Å²) in [6, 6.07) is 6.11. The minimum absolute atomic E-state index is 0.0782. The van der Waals surface area contributed by atoms with E-state index in [2.05, 4.69) is 5.32 Å². The molecule has 1 heterocycles. The summed E-state index contributed by atoms with van der Waals surface area (Å²) < 4.78 is 5.07. The fourth-order valence-electron chi connectivity index (χ4n) is 2.07. The molecule has 1 fully saturated rings. The number of hydrogen-bond donors (Lipinski definition) is 2. The van der Waals surface area contributed by atoms with E-state index in [4.69, 9.17) is 4.74 Å². The molecule has 1 aromatic rings. The summed E-state index contributed by atoms with van der Waals surface area (Å²) in [5.41, 5.74) is -0.756. The van der Waals surface area contributed by atoms with Crippen molar-refractivity contribution in [3.8, 4) is 0 Å². The Bertz CT molecular complexity index is 511. The molecule has 1 unspecified atom stereocenters. The van der Waals surface area contributed by atoms with Crippen molar-refractivity contribution in [2.75, 3.05) is 19.8 Å². The van der Waals surface area contributed by atoms with Crippen LogP contribution >= 0.6 is 0 Å². The number of hydrogen-bond acceptors (Lipinski definition) is 5. The highest BCUT2D eigenvalue weighted by molar-refractivity contribution is 5.79. The van der Waals surface area contributed by atoms with Gasteiger partial charge in [-0.15, -0.1) is 0 Å². The molecule has 0 saturated carbocycles. The molecular formula is C13H16N2O5. The number of carbonyl (C=O) groups excluding carboxylic acids is 1. The number of para-hydroxylation sites is 1. The number of rotatable bonds is 5. The average Bonchev–Trinajstić information content (AvgIpc) is 2.84. The third-order valence-electron chi connectivity index (χ3n) is 3.24. The first kappa shape index (κ1) is 14.4. The number of benzene rings is 1. The van der Waals surface area contributed by atoms with Gasteiger partial charge in [0.1, 0.15) is 5.60 Å². The van der Waals surface area contributed by atoms with Crippen molar-refractivity contribution in [1.29, 1.82) is 0 Å². The van der Waals surface area contributed by atoms with Crippen LogP contribution in [0.4, 0.5) is 5.69 Å². The molecule has 2 N–H and O–H groups in total. The van der Waals surface area contributed by atoms with Gasteiger partial charge < -0.3 is 15.2 Å². The largest absolute Gasteiger partial charge is 0.386 e. The van der Waals surface area contributed by atoms with Gasteiger partial charge in [-0.05, 0) is 0 Å². The molecule has 7 nitrogen and oxygen atoms in total. The number of nitro benzene ring substituents is 1. The normalized spacial score (nSPS) is 21.6. The highest BCUT2D eigenvalue weighted by Crippen LogP contribution is 2.19. The molecule has 1 atom stereocenters. The van der Waals surface area contributed by atoms with E-state index in [1.165, 1.54) is 6.07 Å². The quantitative estimate of drug-likeness (QED) is 0.600. The molecule has 1 saturated heterocycles. The number of nitrogens with zero attached hydrogens (tertiary/aromatic N) is 1. The molecule has 1 aliphatic rings. The van der Waals surface area contributed by atoms with Crippen molar-refractivity contribution in [2.45, 2.75) is 18.4 Å². The zero-order chi connectivity index (χ0) is 14.6. The Balaban J connectivity index is 1.93. The van der Waals surface area contributed by atoms with Crippen molar-refractivity contribution in [3.63, 3.8) is 0 Å². The van der Waals surface area contributed by atoms with Crippen LogP contribution in [0.1, 0.15) is 12.0 Å². The number of amides is 1. The van der Waals surface area contributed by atoms with Gasteiger partial charge in [0.2, 0.25) is 5.91 Å². The van der Waals surface area contributed by atoms with Crippen molar-refractivity contribution >= 4 is 11.6 Å². The zero-order valence-electron chi connectivity index (χ0n) is 10.9. The van der Waals surface area contributed by atoms with Crippen LogP contribution in [-0.4, -0.2) is 41.3 Å². The van der Waals surface area contributed by atoms with Gasteiger partial charge >= 0.3 is 0 Å². The Labute approximate surface area is 115 Å². The fraction of sp³-hybridized carbons (Fsp3) is 0.462. The van der Waals surface area contributed by atoms with Crippen LogP contribution in [-0.2, 0) is 16.0 Å². The summed E-state index contributed by atoms with van der Waals surface area (Å²) >= 11 is 0. The Kier molecular flexibility index (Phi) is 4.31. The van der Waals surface area contributed by atoms with Gasteiger partial charge in [-0.2, -0.15) is 0 Å². The second-order valence-corrected chi connectivity index (χ2v) is 4.87. The first-order valence-corrected chi connectivity index (χ1v) is 6.29. The molecule has 0 bridgehead atoms. The van der Waals surface area contributed by atoms with E-state index < -0.39 is 10.5 Å². The lowest BCUT2D eigenvalue weighted by Crippen LogP contribution is -2.43. The van der Waals surface area contributed by atoms with Gasteiger partial charge in [-0.25, -0.2) is 0 Å². The summed E-state index contributed by atoms with van der Waals surface area (Å²) in [7, 11) is 0. The smallest absolute Gasteiger partial charge is 0.273 e. The lowest BCUT2D eigenvalue weighted by Gasteiger charge is -2.20. The monoisotopic (exact) mass is 280 g/mol. The standard InChI is InChI=1S/C13H16N2O5/c16-12(14-8-13(17)5-6-20-9-13)7-10-3-1-2-4-11(10)15(18)19/h1-4,17H,5-9H2,(H,14,16). The Morgan fingerprint density at radius 3 is 2.90 bits per heavy atom. The summed E-state index contributed by atoms with van der Waals surface area (Å²) in [4.78, 5) is 22.1. The second kappa shape index (κ2) is 5.98. The Morgan fingerprint density at radius 1 is 1.50 bits per heavy atom. The summed E-state index contributed by atoms with van der Waals surface area (Å²) in [5.74, 6) is -0.361. The molecule has 1 aromatic carbocycles. The maximum atomic E-state index is 11.8. The number of carbonyl (C=O) groups is 1. The van der Waals surface area contributed by atoms with Gasteiger partial charge in [0, 0.05) is 31.2 Å². The van der Waals surface area contributed by atoms with Crippen molar-refractivity contribution in [1.82, 2.24) is 5.32 Å². The predicted octanol–water partition coefficient (Wildman–Crippen LogP) is 0.405. The van der Waals surface area contributed by atoms with E-state index in [9.17, 15) is 20.0 Å². The van der Waals surface area contributed by atoms with Crippen LogP contribution in [0.5, 0.6) is 0 Å². The molecule has 0 spiro atoms. The highest BCUT2D eigenvalue weighted by atomic mass is 16.6. The van der Waals surface area contributed by atoms with Crippen molar-refractivity contribution in [2.24, 2.45) is 0 Å². The topological polar surface area (TPSA) is 102 Å². The van der Waals surface area contributed by atoms with Crippen LogP contribution in [0.15, 0.2) is 24.3 Å². The molecule has 1 aliphatic heterocycles. The fourth-order valence-corrected chi connectivity index (χ4v) is 2.07. The van der Waals surface area contributed by atoms with E-state index in [1.807, 2.05) is 0 Å². The average molecular weight is 280 g/mol. The third kappa shape index (κ3) is 3.52. The van der Waals surface area contributed by atoms with Gasteiger partial charge in [-0.1, -0.05) is 18.2 Å². The van der Waals surface area contributed by atoms with Crippen LogP contribution in [0.25, 0.3) is 0 Å². The maximum Gasteiger partial charge on any atom is 0.273 e. The van der Waals surface area contributed by atoms with E-state index in [1.54, 1.807) is 18.2 Å². The zero-order valence-corrected chi connectivity index (χ0v) is 10.9. The summed E-state index contributed by atoms with van der Waals surface area (Å²) in [6.07, 6.45) is 0.382. The minimum atomic E-state index is -1.03. The predicted molar refractivity (Wildman–Crippen MR) is 70.2 cm³/mol.